The minimum atomic E-state index is -0.821. The fourth-order valence-corrected chi connectivity index (χ4v) is 2.31. The van der Waals surface area contributed by atoms with E-state index in [1.54, 1.807) is 0 Å². The van der Waals surface area contributed by atoms with Crippen LogP contribution in [0.25, 0.3) is 0 Å². The number of aldehydes is 1. The summed E-state index contributed by atoms with van der Waals surface area (Å²) in [5.41, 5.74) is 0.0301. The third kappa shape index (κ3) is 3.65. The van der Waals surface area contributed by atoms with Crippen LogP contribution < -0.4 is 0 Å². The Balaban J connectivity index is 2.06. The molecule has 1 fully saturated rings. The number of hydrogen-bond donors (Lipinski definition) is 0. The molecule has 2 atom stereocenters. The fraction of sp³-hybridized carbons (Fsp3) is 0.462. The Morgan fingerprint density at radius 2 is 2.16 bits per heavy atom. The zero-order chi connectivity index (χ0) is 14.0. The summed E-state index contributed by atoms with van der Waals surface area (Å²) < 4.78 is 31.4. The van der Waals surface area contributed by atoms with E-state index in [1.807, 2.05) is 0 Å². The first-order chi connectivity index (χ1) is 8.94. The van der Waals surface area contributed by atoms with Crippen LogP contribution in [0.15, 0.2) is 18.2 Å². The standard InChI is InChI=1S/C13H12Cl2F2O2/c14-13(15)6-8(13)7-19-12(3-4-18)10-5-9(16)1-2-11(10)17/h1-2,4-5,8,12H,3,6-7H2. The molecule has 1 aliphatic rings. The predicted molar refractivity (Wildman–Crippen MR) is 68.3 cm³/mol. The van der Waals surface area contributed by atoms with Crippen LogP contribution in [0.1, 0.15) is 24.5 Å². The Bertz CT molecular complexity index is 480. The highest BCUT2D eigenvalue weighted by molar-refractivity contribution is 6.50. The third-order valence-corrected chi connectivity index (χ3v) is 4.00. The Labute approximate surface area is 119 Å². The second kappa shape index (κ2) is 5.73. The first kappa shape index (κ1) is 14.7. The molecule has 0 aliphatic heterocycles. The van der Waals surface area contributed by atoms with Gasteiger partial charge in [-0.05, 0) is 24.6 Å². The van der Waals surface area contributed by atoms with Gasteiger partial charge < -0.3 is 9.53 Å². The molecule has 0 amide bonds. The van der Waals surface area contributed by atoms with E-state index in [4.69, 9.17) is 27.9 Å². The Kier molecular flexibility index (Phi) is 4.43. The molecule has 1 aromatic rings. The summed E-state index contributed by atoms with van der Waals surface area (Å²) in [5, 5.41) is 0. The lowest BCUT2D eigenvalue weighted by Crippen LogP contribution is -2.11. The quantitative estimate of drug-likeness (QED) is 0.590. The zero-order valence-electron chi connectivity index (χ0n) is 9.91. The number of alkyl halides is 2. The van der Waals surface area contributed by atoms with Crippen LogP contribution in [-0.2, 0) is 9.53 Å². The maximum Gasteiger partial charge on any atom is 0.129 e. The molecule has 0 spiro atoms. The molecule has 0 bridgehead atoms. The summed E-state index contributed by atoms with van der Waals surface area (Å²) in [6.45, 7) is 0.210. The van der Waals surface area contributed by atoms with Gasteiger partial charge in [0.25, 0.3) is 0 Å². The first-order valence-corrected chi connectivity index (χ1v) is 6.57. The van der Waals surface area contributed by atoms with Gasteiger partial charge in [-0.1, -0.05) is 0 Å². The molecule has 0 radical (unpaired) electrons. The van der Waals surface area contributed by atoms with Crippen molar-refractivity contribution in [2.24, 2.45) is 5.92 Å². The second-order valence-electron chi connectivity index (χ2n) is 4.55. The molecular formula is C13H12Cl2F2O2. The van der Waals surface area contributed by atoms with Crippen molar-refractivity contribution in [3.05, 3.63) is 35.4 Å². The summed E-state index contributed by atoms with van der Waals surface area (Å²) in [6.07, 6.45) is 0.328. The number of ether oxygens (including phenoxy) is 1. The lowest BCUT2D eigenvalue weighted by atomic mass is 10.1. The minimum absolute atomic E-state index is 0.0301. The van der Waals surface area contributed by atoms with Crippen molar-refractivity contribution in [3.8, 4) is 0 Å². The molecule has 0 aromatic heterocycles. The van der Waals surface area contributed by atoms with Crippen molar-refractivity contribution in [2.75, 3.05) is 6.61 Å². The van der Waals surface area contributed by atoms with Crippen molar-refractivity contribution in [2.45, 2.75) is 23.3 Å². The Morgan fingerprint density at radius 1 is 1.47 bits per heavy atom. The number of halogens is 4. The van der Waals surface area contributed by atoms with E-state index in [-0.39, 0.29) is 24.5 Å². The van der Waals surface area contributed by atoms with Gasteiger partial charge in [-0.15, -0.1) is 23.2 Å². The summed E-state index contributed by atoms with van der Waals surface area (Å²) >= 11 is 11.7. The number of carbonyl (C=O) groups excluding carboxylic acids is 1. The minimum Gasteiger partial charge on any atom is -0.373 e. The van der Waals surface area contributed by atoms with Crippen LogP contribution in [0.2, 0.25) is 0 Å². The monoisotopic (exact) mass is 308 g/mol. The molecule has 1 aromatic carbocycles. The van der Waals surface area contributed by atoms with Crippen LogP contribution >= 0.6 is 23.2 Å². The first-order valence-electron chi connectivity index (χ1n) is 5.82. The summed E-state index contributed by atoms with van der Waals surface area (Å²) in [5.74, 6) is -1.22. The zero-order valence-corrected chi connectivity index (χ0v) is 11.4. The van der Waals surface area contributed by atoms with Gasteiger partial charge in [-0.25, -0.2) is 8.78 Å². The maximum atomic E-state index is 13.6. The highest BCUT2D eigenvalue weighted by Crippen LogP contribution is 2.53. The number of benzene rings is 1. The fourth-order valence-electron chi connectivity index (χ4n) is 1.82. The van der Waals surface area contributed by atoms with E-state index in [1.165, 1.54) is 0 Å². The molecule has 2 unspecified atom stereocenters. The van der Waals surface area contributed by atoms with E-state index in [0.29, 0.717) is 12.7 Å². The topological polar surface area (TPSA) is 26.3 Å². The van der Waals surface area contributed by atoms with Gasteiger partial charge in [-0.3, -0.25) is 0 Å². The second-order valence-corrected chi connectivity index (χ2v) is 6.09. The molecule has 0 saturated heterocycles. The predicted octanol–water partition coefficient (Wildman–Crippen LogP) is 3.81. The van der Waals surface area contributed by atoms with Gasteiger partial charge >= 0.3 is 0 Å². The number of rotatable bonds is 6. The average Bonchev–Trinajstić information content (AvgIpc) is 2.96. The van der Waals surface area contributed by atoms with Crippen LogP contribution in [0.4, 0.5) is 8.78 Å². The molecule has 0 heterocycles. The third-order valence-electron chi connectivity index (χ3n) is 3.07. The molecule has 19 heavy (non-hydrogen) atoms. The van der Waals surface area contributed by atoms with E-state index >= 15 is 0 Å². The molecule has 6 heteroatoms. The van der Waals surface area contributed by atoms with Gasteiger partial charge in [0.05, 0.1) is 12.7 Å². The van der Waals surface area contributed by atoms with E-state index in [2.05, 4.69) is 0 Å². The van der Waals surface area contributed by atoms with Gasteiger partial charge in [0.1, 0.15) is 22.3 Å². The van der Waals surface area contributed by atoms with E-state index < -0.39 is 22.1 Å². The van der Waals surface area contributed by atoms with Crippen molar-refractivity contribution < 1.29 is 18.3 Å². The molecule has 1 saturated carbocycles. The normalized spacial score (nSPS) is 22.0. The van der Waals surface area contributed by atoms with Crippen LogP contribution in [0.3, 0.4) is 0 Å². The lowest BCUT2D eigenvalue weighted by Gasteiger charge is -2.17. The highest BCUT2D eigenvalue weighted by atomic mass is 35.5. The molecule has 0 N–H and O–H groups in total. The largest absolute Gasteiger partial charge is 0.373 e. The van der Waals surface area contributed by atoms with Gasteiger partial charge in [-0.2, -0.15) is 0 Å². The Morgan fingerprint density at radius 3 is 2.74 bits per heavy atom. The van der Waals surface area contributed by atoms with E-state index in [0.717, 1.165) is 18.2 Å². The van der Waals surface area contributed by atoms with Crippen LogP contribution in [0.5, 0.6) is 0 Å². The van der Waals surface area contributed by atoms with Gasteiger partial charge in [0, 0.05) is 17.9 Å². The van der Waals surface area contributed by atoms with Crippen LogP contribution in [-0.4, -0.2) is 17.2 Å². The highest BCUT2D eigenvalue weighted by Gasteiger charge is 2.51. The summed E-state index contributed by atoms with van der Waals surface area (Å²) in [6, 6.07) is 3.06. The molecule has 1 aliphatic carbocycles. The Hall–Kier alpha value is -0.710. The molecule has 2 nitrogen and oxygen atoms in total. The molecular weight excluding hydrogens is 297 g/mol. The van der Waals surface area contributed by atoms with Crippen molar-refractivity contribution in [1.82, 2.24) is 0 Å². The lowest BCUT2D eigenvalue weighted by molar-refractivity contribution is -0.110. The van der Waals surface area contributed by atoms with Gasteiger partial charge in [0.15, 0.2) is 0 Å². The van der Waals surface area contributed by atoms with Crippen molar-refractivity contribution in [1.29, 1.82) is 0 Å². The number of carbonyl (C=O) groups is 1. The average molecular weight is 309 g/mol. The number of hydrogen-bond acceptors (Lipinski definition) is 2. The maximum absolute atomic E-state index is 13.6. The summed E-state index contributed by atoms with van der Waals surface area (Å²) in [7, 11) is 0. The molecule has 104 valence electrons. The van der Waals surface area contributed by atoms with Crippen LogP contribution in [0, 0.1) is 17.6 Å². The SMILES string of the molecule is O=CCC(OCC1CC1(Cl)Cl)c1cc(F)ccc1F. The molecule has 2 rings (SSSR count). The van der Waals surface area contributed by atoms with Crippen molar-refractivity contribution in [3.63, 3.8) is 0 Å². The van der Waals surface area contributed by atoms with E-state index in [9.17, 15) is 13.6 Å². The smallest absolute Gasteiger partial charge is 0.129 e. The van der Waals surface area contributed by atoms with Crippen molar-refractivity contribution >= 4 is 29.5 Å². The summed E-state index contributed by atoms with van der Waals surface area (Å²) in [4.78, 5) is 10.6. The van der Waals surface area contributed by atoms with Gasteiger partial charge in [0.2, 0.25) is 0 Å².